The van der Waals surface area contributed by atoms with E-state index in [1.807, 2.05) is 62.5 Å². The van der Waals surface area contributed by atoms with E-state index in [0.29, 0.717) is 11.3 Å². The van der Waals surface area contributed by atoms with E-state index in [0.717, 1.165) is 27.5 Å². The van der Waals surface area contributed by atoms with E-state index in [-0.39, 0.29) is 5.91 Å². The van der Waals surface area contributed by atoms with Crippen molar-refractivity contribution >= 4 is 33.4 Å². The van der Waals surface area contributed by atoms with Crippen LogP contribution in [0.4, 0.5) is 5.69 Å². The number of nitrogens with zero attached hydrogens (tertiary/aromatic N) is 3. The molecular weight excluding hydrogens is 300 g/mol. The van der Waals surface area contributed by atoms with E-state index in [1.165, 1.54) is 0 Å². The minimum Gasteiger partial charge on any atom is -0.321 e. The fourth-order valence-corrected chi connectivity index (χ4v) is 3.00. The van der Waals surface area contributed by atoms with Crippen LogP contribution in [0.25, 0.3) is 21.8 Å². The first kappa shape index (κ1) is 14.4. The summed E-state index contributed by atoms with van der Waals surface area (Å²) < 4.78 is 1.74. The van der Waals surface area contributed by atoms with Crippen LogP contribution in [0.5, 0.6) is 0 Å². The van der Waals surface area contributed by atoms with Crippen LogP contribution >= 0.6 is 0 Å². The molecule has 0 unspecified atom stereocenters. The SMILES string of the molecule is Cc1nn(C)c2ncc(NC(=O)c3cccc4ccccc34)cc12. The monoisotopic (exact) mass is 316 g/mol. The first-order valence-corrected chi connectivity index (χ1v) is 7.72. The zero-order valence-electron chi connectivity index (χ0n) is 13.4. The van der Waals surface area contributed by atoms with Gasteiger partial charge in [0, 0.05) is 18.0 Å². The number of carbonyl (C=O) groups excluding carboxylic acids is 1. The Bertz CT molecular complexity index is 1080. The highest BCUT2D eigenvalue weighted by Gasteiger charge is 2.12. The Morgan fingerprint density at radius 3 is 2.75 bits per heavy atom. The summed E-state index contributed by atoms with van der Waals surface area (Å²) in [4.78, 5) is 17.1. The summed E-state index contributed by atoms with van der Waals surface area (Å²) >= 11 is 0. The molecule has 0 saturated heterocycles. The summed E-state index contributed by atoms with van der Waals surface area (Å²) in [6.45, 7) is 1.93. The first-order valence-electron chi connectivity index (χ1n) is 7.72. The highest BCUT2D eigenvalue weighted by atomic mass is 16.1. The molecule has 0 aliphatic carbocycles. The number of hydrogen-bond donors (Lipinski definition) is 1. The lowest BCUT2D eigenvalue weighted by atomic mass is 10.0. The summed E-state index contributed by atoms with van der Waals surface area (Å²) in [5.41, 5.74) is 3.00. The van der Waals surface area contributed by atoms with Crippen LogP contribution in [-0.2, 0) is 7.05 Å². The Morgan fingerprint density at radius 1 is 1.08 bits per heavy atom. The van der Waals surface area contributed by atoms with Gasteiger partial charge in [0.2, 0.25) is 0 Å². The quantitative estimate of drug-likeness (QED) is 0.613. The Labute approximate surface area is 138 Å². The van der Waals surface area contributed by atoms with Gasteiger partial charge < -0.3 is 5.32 Å². The number of anilines is 1. The minimum atomic E-state index is -0.144. The second kappa shape index (κ2) is 5.45. The van der Waals surface area contributed by atoms with Gasteiger partial charge in [-0.2, -0.15) is 5.10 Å². The number of nitrogens with one attached hydrogen (secondary N) is 1. The van der Waals surface area contributed by atoms with Gasteiger partial charge in [0.15, 0.2) is 5.65 Å². The number of hydrogen-bond acceptors (Lipinski definition) is 3. The third kappa shape index (κ3) is 2.31. The van der Waals surface area contributed by atoms with Gasteiger partial charge in [0.05, 0.1) is 17.6 Å². The van der Waals surface area contributed by atoms with Gasteiger partial charge in [-0.3, -0.25) is 9.48 Å². The molecule has 0 fully saturated rings. The number of carbonyl (C=O) groups is 1. The molecule has 2 aromatic carbocycles. The van der Waals surface area contributed by atoms with E-state index >= 15 is 0 Å². The highest BCUT2D eigenvalue weighted by Crippen LogP contribution is 2.22. The predicted molar refractivity (Wildman–Crippen MR) is 95.1 cm³/mol. The molecule has 0 atom stereocenters. The van der Waals surface area contributed by atoms with Crippen molar-refractivity contribution in [2.75, 3.05) is 5.32 Å². The molecule has 2 heterocycles. The molecule has 5 nitrogen and oxygen atoms in total. The van der Waals surface area contributed by atoms with Gasteiger partial charge in [-0.1, -0.05) is 36.4 Å². The molecule has 0 saturated carbocycles. The van der Waals surface area contributed by atoms with Crippen LogP contribution in [0.15, 0.2) is 54.7 Å². The van der Waals surface area contributed by atoms with E-state index in [1.54, 1.807) is 10.9 Å². The third-order valence-corrected chi connectivity index (χ3v) is 4.16. The molecule has 1 N–H and O–H groups in total. The Hall–Kier alpha value is -3.21. The van der Waals surface area contributed by atoms with Crippen molar-refractivity contribution < 1.29 is 4.79 Å². The zero-order valence-corrected chi connectivity index (χ0v) is 13.4. The average molecular weight is 316 g/mol. The molecule has 0 radical (unpaired) electrons. The van der Waals surface area contributed by atoms with Crippen LogP contribution in [0.1, 0.15) is 16.1 Å². The zero-order chi connectivity index (χ0) is 16.7. The molecular formula is C19H16N4O. The Morgan fingerprint density at radius 2 is 1.88 bits per heavy atom. The predicted octanol–water partition coefficient (Wildman–Crippen LogP) is 3.68. The highest BCUT2D eigenvalue weighted by molar-refractivity contribution is 6.13. The molecule has 2 aromatic heterocycles. The fourth-order valence-electron chi connectivity index (χ4n) is 3.00. The summed E-state index contributed by atoms with van der Waals surface area (Å²) in [5, 5.41) is 10.2. The summed E-state index contributed by atoms with van der Waals surface area (Å²) in [5.74, 6) is -0.144. The number of aromatic nitrogens is 3. The van der Waals surface area contributed by atoms with Gasteiger partial charge in [-0.25, -0.2) is 4.98 Å². The maximum atomic E-state index is 12.7. The molecule has 118 valence electrons. The Balaban J connectivity index is 1.72. The number of amides is 1. The molecule has 4 rings (SSSR count). The minimum absolute atomic E-state index is 0.144. The largest absolute Gasteiger partial charge is 0.321 e. The Kier molecular flexibility index (Phi) is 3.27. The normalized spacial score (nSPS) is 11.1. The van der Waals surface area contributed by atoms with Gasteiger partial charge in [-0.05, 0) is 29.8 Å². The lowest BCUT2D eigenvalue weighted by Gasteiger charge is -2.08. The van der Waals surface area contributed by atoms with Crippen LogP contribution in [0, 0.1) is 6.92 Å². The van der Waals surface area contributed by atoms with Crippen molar-refractivity contribution in [1.29, 1.82) is 0 Å². The van der Waals surface area contributed by atoms with Crippen molar-refractivity contribution in [3.63, 3.8) is 0 Å². The van der Waals surface area contributed by atoms with E-state index in [9.17, 15) is 4.79 Å². The molecule has 0 bridgehead atoms. The number of aryl methyl sites for hydroxylation is 2. The van der Waals surface area contributed by atoms with E-state index < -0.39 is 0 Å². The lowest BCUT2D eigenvalue weighted by Crippen LogP contribution is -2.12. The van der Waals surface area contributed by atoms with Gasteiger partial charge in [0.25, 0.3) is 5.91 Å². The van der Waals surface area contributed by atoms with E-state index in [4.69, 9.17) is 0 Å². The standard InChI is InChI=1S/C19H16N4O/c1-12-17-10-14(11-20-18(17)23(2)22-12)21-19(24)16-9-5-7-13-6-3-4-8-15(13)16/h3-11H,1-2H3,(H,21,24). The van der Waals surface area contributed by atoms with Crippen molar-refractivity contribution in [2.24, 2.45) is 7.05 Å². The van der Waals surface area contributed by atoms with Gasteiger partial charge in [0.1, 0.15) is 0 Å². The summed E-state index contributed by atoms with van der Waals surface area (Å²) in [6, 6.07) is 15.5. The topological polar surface area (TPSA) is 59.8 Å². The fraction of sp³-hybridized carbons (Fsp3) is 0.105. The van der Waals surface area contributed by atoms with Crippen molar-refractivity contribution in [3.8, 4) is 0 Å². The lowest BCUT2D eigenvalue weighted by molar-refractivity contribution is 0.102. The maximum Gasteiger partial charge on any atom is 0.256 e. The molecule has 0 spiro atoms. The molecule has 0 aliphatic heterocycles. The number of pyridine rings is 1. The van der Waals surface area contributed by atoms with Crippen molar-refractivity contribution in [1.82, 2.24) is 14.8 Å². The molecule has 4 aromatic rings. The number of fused-ring (bicyclic) bond motifs is 2. The summed E-state index contributed by atoms with van der Waals surface area (Å²) in [7, 11) is 1.86. The number of rotatable bonds is 2. The molecule has 0 aliphatic rings. The smallest absolute Gasteiger partial charge is 0.256 e. The van der Waals surface area contributed by atoms with Gasteiger partial charge >= 0.3 is 0 Å². The van der Waals surface area contributed by atoms with Crippen molar-refractivity contribution in [3.05, 3.63) is 66.0 Å². The van der Waals surface area contributed by atoms with Crippen LogP contribution in [0.3, 0.4) is 0 Å². The molecule has 5 heteroatoms. The second-order valence-electron chi connectivity index (χ2n) is 5.79. The second-order valence-corrected chi connectivity index (χ2v) is 5.79. The number of benzene rings is 2. The maximum absolute atomic E-state index is 12.7. The van der Waals surface area contributed by atoms with Crippen LogP contribution in [-0.4, -0.2) is 20.7 Å². The third-order valence-electron chi connectivity index (χ3n) is 4.16. The van der Waals surface area contributed by atoms with E-state index in [2.05, 4.69) is 15.4 Å². The first-order chi connectivity index (χ1) is 11.6. The van der Waals surface area contributed by atoms with Crippen LogP contribution in [0.2, 0.25) is 0 Å². The average Bonchev–Trinajstić information content (AvgIpc) is 2.88. The van der Waals surface area contributed by atoms with Crippen LogP contribution < -0.4 is 5.32 Å². The molecule has 1 amide bonds. The van der Waals surface area contributed by atoms with Gasteiger partial charge in [-0.15, -0.1) is 0 Å². The van der Waals surface area contributed by atoms with Crippen molar-refractivity contribution in [2.45, 2.75) is 6.92 Å². The summed E-state index contributed by atoms with van der Waals surface area (Å²) in [6.07, 6.45) is 1.66. The molecule has 24 heavy (non-hydrogen) atoms.